The van der Waals surface area contributed by atoms with Crippen molar-refractivity contribution in [3.05, 3.63) is 71.5 Å². The second-order valence-corrected chi connectivity index (χ2v) is 6.69. The zero-order valence-electron chi connectivity index (χ0n) is 14.1. The van der Waals surface area contributed by atoms with Gasteiger partial charge < -0.3 is 10.2 Å². The van der Waals surface area contributed by atoms with Gasteiger partial charge in [0.05, 0.1) is 11.5 Å². The minimum atomic E-state index is -0.375. The first-order valence-electron chi connectivity index (χ1n) is 8.29. The van der Waals surface area contributed by atoms with Gasteiger partial charge in [-0.1, -0.05) is 42.5 Å². The van der Waals surface area contributed by atoms with Crippen LogP contribution < -0.4 is 5.32 Å². The molecule has 0 radical (unpaired) electrons. The monoisotopic (exact) mass is 326 g/mol. The Morgan fingerprint density at radius 2 is 1.88 bits per heavy atom. The van der Waals surface area contributed by atoms with E-state index in [4.69, 9.17) is 0 Å². The van der Waals surface area contributed by atoms with Gasteiger partial charge in [-0.15, -0.1) is 0 Å². The van der Waals surface area contributed by atoms with Crippen LogP contribution in [0.15, 0.2) is 54.6 Å². The lowest BCUT2D eigenvalue weighted by atomic mass is 9.95. The fourth-order valence-corrected chi connectivity index (χ4v) is 3.20. The molecule has 3 rings (SSSR count). The molecule has 2 aromatic carbocycles. The van der Waals surface area contributed by atoms with Crippen LogP contribution in [0.25, 0.3) is 0 Å². The molecule has 24 heavy (non-hydrogen) atoms. The van der Waals surface area contributed by atoms with E-state index in [9.17, 15) is 9.18 Å². The van der Waals surface area contributed by atoms with Crippen LogP contribution in [-0.4, -0.2) is 31.4 Å². The van der Waals surface area contributed by atoms with Crippen molar-refractivity contribution in [3.8, 4) is 0 Å². The van der Waals surface area contributed by atoms with Crippen molar-refractivity contribution in [2.24, 2.45) is 0 Å². The fourth-order valence-electron chi connectivity index (χ4n) is 3.20. The van der Waals surface area contributed by atoms with Crippen LogP contribution in [0.4, 0.5) is 4.39 Å². The van der Waals surface area contributed by atoms with Crippen molar-refractivity contribution in [1.29, 1.82) is 0 Å². The number of likely N-dealkylation sites (N-methyl/N-ethyl adjacent to an activating group) is 1. The Morgan fingerprint density at radius 1 is 1.17 bits per heavy atom. The molecule has 0 heterocycles. The molecule has 3 nitrogen and oxygen atoms in total. The summed E-state index contributed by atoms with van der Waals surface area (Å²) >= 11 is 0. The molecule has 1 amide bonds. The summed E-state index contributed by atoms with van der Waals surface area (Å²) < 4.78 is 13.5. The maximum atomic E-state index is 13.5. The first-order valence-corrected chi connectivity index (χ1v) is 8.29. The molecule has 0 aromatic heterocycles. The van der Waals surface area contributed by atoms with Gasteiger partial charge in [-0.25, -0.2) is 4.39 Å². The summed E-state index contributed by atoms with van der Waals surface area (Å²) in [6, 6.07) is 16.4. The number of carbonyl (C=O) groups excluding carboxylic acids is 1. The molecule has 1 saturated carbocycles. The number of amides is 1. The molecule has 1 aliphatic rings. The fraction of sp³-hybridized carbons (Fsp3) is 0.350. The summed E-state index contributed by atoms with van der Waals surface area (Å²) in [7, 11) is 3.87. The minimum Gasteiger partial charge on any atom is -0.353 e. The van der Waals surface area contributed by atoms with Crippen molar-refractivity contribution in [2.45, 2.75) is 24.3 Å². The molecule has 0 spiro atoms. The molecule has 1 N–H and O–H groups in total. The topological polar surface area (TPSA) is 32.3 Å². The number of nitrogens with one attached hydrogen (secondary N) is 1. The van der Waals surface area contributed by atoms with Gasteiger partial charge in [0.25, 0.3) is 0 Å². The van der Waals surface area contributed by atoms with Crippen LogP contribution in [0.2, 0.25) is 0 Å². The van der Waals surface area contributed by atoms with Gasteiger partial charge in [-0.05, 0) is 50.2 Å². The number of hydrogen-bond acceptors (Lipinski definition) is 2. The van der Waals surface area contributed by atoms with Gasteiger partial charge in [0.2, 0.25) is 5.91 Å². The number of carbonyl (C=O) groups is 1. The average Bonchev–Trinajstić information content (AvgIpc) is 3.37. The van der Waals surface area contributed by atoms with Crippen molar-refractivity contribution in [2.75, 3.05) is 20.6 Å². The highest BCUT2D eigenvalue weighted by Crippen LogP contribution is 2.48. The number of halogens is 1. The summed E-state index contributed by atoms with van der Waals surface area (Å²) in [6.07, 6.45) is 1.77. The molecule has 2 aromatic rings. The number of nitrogens with zero attached hydrogens (tertiary/aromatic N) is 1. The molecular weight excluding hydrogens is 303 g/mol. The molecule has 0 bridgehead atoms. The largest absolute Gasteiger partial charge is 0.353 e. The minimum absolute atomic E-state index is 0.0591. The molecule has 126 valence electrons. The van der Waals surface area contributed by atoms with E-state index < -0.39 is 0 Å². The van der Waals surface area contributed by atoms with Gasteiger partial charge in [0.15, 0.2) is 0 Å². The van der Waals surface area contributed by atoms with Gasteiger partial charge in [0.1, 0.15) is 5.82 Å². The highest BCUT2D eigenvalue weighted by molar-refractivity contribution is 5.91. The predicted molar refractivity (Wildman–Crippen MR) is 93.2 cm³/mol. The molecule has 0 aliphatic heterocycles. The van der Waals surface area contributed by atoms with E-state index in [1.165, 1.54) is 12.1 Å². The first kappa shape index (κ1) is 16.7. The average molecular weight is 326 g/mol. The zero-order chi connectivity index (χ0) is 17.2. The normalized spacial score (nSPS) is 16.7. The number of hydrogen-bond donors (Lipinski definition) is 1. The molecule has 1 fully saturated rings. The quantitative estimate of drug-likeness (QED) is 0.883. The number of benzene rings is 2. The lowest BCUT2D eigenvalue weighted by molar-refractivity contribution is -0.123. The van der Waals surface area contributed by atoms with Crippen molar-refractivity contribution in [3.63, 3.8) is 0 Å². The summed E-state index contributed by atoms with van der Waals surface area (Å²) in [4.78, 5) is 14.7. The standard InChI is InChI=1S/C20H23FN2O/c1-23(2)18(15-7-6-10-17(21)13-15)14-22-19(24)20(11-12-20)16-8-4-3-5-9-16/h3-10,13,18H,11-12,14H2,1-2H3,(H,22,24). The Morgan fingerprint density at radius 3 is 2.46 bits per heavy atom. The second kappa shape index (κ2) is 6.73. The second-order valence-electron chi connectivity index (χ2n) is 6.69. The van der Waals surface area contributed by atoms with E-state index in [1.807, 2.05) is 55.4 Å². The molecule has 1 atom stereocenters. The Hall–Kier alpha value is -2.20. The smallest absolute Gasteiger partial charge is 0.230 e. The van der Waals surface area contributed by atoms with E-state index in [2.05, 4.69) is 5.32 Å². The maximum Gasteiger partial charge on any atom is 0.230 e. The number of rotatable bonds is 6. The Balaban J connectivity index is 1.70. The summed E-state index contributed by atoms with van der Waals surface area (Å²) in [5.74, 6) is -0.189. The molecule has 4 heteroatoms. The van der Waals surface area contributed by atoms with E-state index in [0.29, 0.717) is 6.54 Å². The van der Waals surface area contributed by atoms with Crippen LogP contribution in [-0.2, 0) is 10.2 Å². The van der Waals surface area contributed by atoms with Crippen LogP contribution in [0.5, 0.6) is 0 Å². The lowest BCUT2D eigenvalue weighted by Gasteiger charge is -2.26. The Bertz CT molecular complexity index is 711. The third-order valence-electron chi connectivity index (χ3n) is 4.82. The third-order valence-corrected chi connectivity index (χ3v) is 4.82. The van der Waals surface area contributed by atoms with Gasteiger partial charge in [0, 0.05) is 6.54 Å². The molecule has 1 unspecified atom stereocenters. The molecule has 1 aliphatic carbocycles. The van der Waals surface area contributed by atoms with Gasteiger partial charge in [-0.2, -0.15) is 0 Å². The summed E-state index contributed by atoms with van der Waals surface area (Å²) in [6.45, 7) is 0.462. The van der Waals surface area contributed by atoms with Crippen LogP contribution in [0.3, 0.4) is 0 Å². The van der Waals surface area contributed by atoms with Crippen molar-refractivity contribution >= 4 is 5.91 Å². The maximum absolute atomic E-state index is 13.5. The molecule has 0 saturated heterocycles. The third kappa shape index (κ3) is 3.34. The van der Waals surface area contributed by atoms with Crippen LogP contribution in [0, 0.1) is 5.82 Å². The summed E-state index contributed by atoms with van der Waals surface area (Å²) in [5, 5.41) is 3.08. The summed E-state index contributed by atoms with van der Waals surface area (Å²) in [5.41, 5.74) is 1.57. The van der Waals surface area contributed by atoms with E-state index in [-0.39, 0.29) is 23.2 Å². The van der Waals surface area contributed by atoms with E-state index in [1.54, 1.807) is 6.07 Å². The van der Waals surface area contributed by atoms with Crippen molar-refractivity contribution < 1.29 is 9.18 Å². The SMILES string of the molecule is CN(C)C(CNC(=O)C1(c2ccccc2)CC1)c1cccc(F)c1. The highest BCUT2D eigenvalue weighted by atomic mass is 19.1. The highest BCUT2D eigenvalue weighted by Gasteiger charge is 2.51. The van der Waals surface area contributed by atoms with Gasteiger partial charge in [-0.3, -0.25) is 4.79 Å². The zero-order valence-corrected chi connectivity index (χ0v) is 14.1. The Kier molecular flexibility index (Phi) is 4.67. The lowest BCUT2D eigenvalue weighted by Crippen LogP contribution is -2.40. The molecular formula is C20H23FN2O. The predicted octanol–water partition coefficient (Wildman–Crippen LogP) is 3.28. The van der Waals surface area contributed by atoms with Gasteiger partial charge >= 0.3 is 0 Å². The van der Waals surface area contributed by atoms with Crippen molar-refractivity contribution in [1.82, 2.24) is 10.2 Å². The van der Waals surface area contributed by atoms with E-state index >= 15 is 0 Å². The van der Waals surface area contributed by atoms with E-state index in [0.717, 1.165) is 24.0 Å². The first-order chi connectivity index (χ1) is 11.5. The Labute approximate surface area is 142 Å². The van der Waals surface area contributed by atoms with Crippen LogP contribution in [0.1, 0.15) is 30.0 Å². The van der Waals surface area contributed by atoms with Crippen LogP contribution >= 0.6 is 0 Å².